The first kappa shape index (κ1) is 14.8. The molecule has 0 amide bonds. The van der Waals surface area contributed by atoms with Gasteiger partial charge in [0.2, 0.25) is 5.16 Å². The van der Waals surface area contributed by atoms with Gasteiger partial charge in [0.05, 0.1) is 5.69 Å². The summed E-state index contributed by atoms with van der Waals surface area (Å²) in [5, 5.41) is 21.8. The third kappa shape index (κ3) is 3.20. The normalized spacial score (nSPS) is 10.8. The first-order chi connectivity index (χ1) is 10.6. The Kier molecular flexibility index (Phi) is 4.26. The Morgan fingerprint density at radius 3 is 2.68 bits per heavy atom. The van der Waals surface area contributed by atoms with Crippen molar-refractivity contribution in [3.63, 3.8) is 0 Å². The number of hydrogen-bond acceptors (Lipinski definition) is 5. The highest BCUT2D eigenvalue weighted by molar-refractivity contribution is 7.98. The zero-order valence-electron chi connectivity index (χ0n) is 11.1. The van der Waals surface area contributed by atoms with Gasteiger partial charge in [0.15, 0.2) is 0 Å². The Labute approximate surface area is 134 Å². The number of nitrogens with zero attached hydrogens (tertiary/aromatic N) is 4. The van der Waals surface area contributed by atoms with E-state index in [1.807, 2.05) is 0 Å². The van der Waals surface area contributed by atoms with E-state index in [1.165, 1.54) is 23.9 Å². The van der Waals surface area contributed by atoms with Crippen molar-refractivity contribution >= 4 is 23.4 Å². The Hall–Kier alpha value is -2.12. The maximum Gasteiger partial charge on any atom is 0.214 e. The average Bonchev–Trinajstić information content (AvgIpc) is 2.95. The van der Waals surface area contributed by atoms with E-state index < -0.39 is 0 Å². The van der Waals surface area contributed by atoms with Gasteiger partial charge in [-0.05, 0) is 52.4 Å². The van der Waals surface area contributed by atoms with Crippen molar-refractivity contribution in [2.75, 3.05) is 0 Å². The van der Waals surface area contributed by atoms with E-state index in [0.717, 1.165) is 11.3 Å². The number of aromatic nitrogens is 4. The minimum Gasteiger partial charge on any atom is -0.508 e. The molecule has 5 nitrogen and oxygen atoms in total. The van der Waals surface area contributed by atoms with Crippen molar-refractivity contribution in [2.45, 2.75) is 10.9 Å². The lowest BCUT2D eigenvalue weighted by molar-refractivity contribution is 0.475. The number of hydrogen-bond donors (Lipinski definition) is 1. The minimum absolute atomic E-state index is 0.170. The van der Waals surface area contributed by atoms with E-state index >= 15 is 0 Å². The molecule has 0 unspecified atom stereocenters. The van der Waals surface area contributed by atoms with Crippen molar-refractivity contribution in [1.29, 1.82) is 0 Å². The number of aromatic hydroxyl groups is 1. The zero-order chi connectivity index (χ0) is 15.5. The van der Waals surface area contributed by atoms with Crippen molar-refractivity contribution in [1.82, 2.24) is 20.2 Å². The summed E-state index contributed by atoms with van der Waals surface area (Å²) < 4.78 is 14.6. The van der Waals surface area contributed by atoms with Crippen molar-refractivity contribution in [2.24, 2.45) is 0 Å². The third-order valence-corrected chi connectivity index (χ3v) is 4.23. The molecule has 1 N–H and O–H groups in total. The first-order valence-electron chi connectivity index (χ1n) is 6.28. The van der Waals surface area contributed by atoms with Crippen molar-refractivity contribution in [3.8, 4) is 11.4 Å². The molecule has 0 bridgehead atoms. The van der Waals surface area contributed by atoms with Crippen molar-refractivity contribution < 1.29 is 9.50 Å². The van der Waals surface area contributed by atoms with Gasteiger partial charge in [0, 0.05) is 10.8 Å². The lowest BCUT2D eigenvalue weighted by Gasteiger charge is -2.06. The van der Waals surface area contributed by atoms with E-state index in [9.17, 15) is 9.50 Å². The van der Waals surface area contributed by atoms with Crippen LogP contribution < -0.4 is 0 Å². The standard InChI is InChI=1S/C14H10ClFN4OS/c15-13-7-10(16)2-1-9(13)8-22-14-17-18-19-20(14)11-3-5-12(21)6-4-11/h1-7,21H,8H2. The molecule has 1 aromatic heterocycles. The molecule has 112 valence electrons. The molecule has 0 aliphatic rings. The fourth-order valence-electron chi connectivity index (χ4n) is 1.81. The van der Waals surface area contributed by atoms with Crippen LogP contribution in [0.1, 0.15) is 5.56 Å². The summed E-state index contributed by atoms with van der Waals surface area (Å²) in [7, 11) is 0. The lowest BCUT2D eigenvalue weighted by atomic mass is 10.2. The van der Waals surface area contributed by atoms with Crippen LogP contribution in [0.5, 0.6) is 5.75 Å². The molecule has 1 heterocycles. The second-order valence-electron chi connectivity index (χ2n) is 4.41. The molecule has 0 aliphatic carbocycles. The third-order valence-electron chi connectivity index (χ3n) is 2.91. The van der Waals surface area contributed by atoms with Gasteiger partial charge in [-0.2, -0.15) is 4.68 Å². The van der Waals surface area contributed by atoms with Crippen LogP contribution in [0.15, 0.2) is 47.6 Å². The monoisotopic (exact) mass is 336 g/mol. The predicted octanol–water partition coefficient (Wildman–Crippen LogP) is 3.45. The zero-order valence-corrected chi connectivity index (χ0v) is 12.7. The van der Waals surface area contributed by atoms with Gasteiger partial charge >= 0.3 is 0 Å². The number of rotatable bonds is 4. The summed E-state index contributed by atoms with van der Waals surface area (Å²) >= 11 is 7.39. The SMILES string of the molecule is Oc1ccc(-n2nnnc2SCc2ccc(F)cc2Cl)cc1. The maximum absolute atomic E-state index is 13.0. The van der Waals surface area contributed by atoms with Crippen LogP contribution in [0.25, 0.3) is 5.69 Å². The topological polar surface area (TPSA) is 63.8 Å². The van der Waals surface area contributed by atoms with E-state index in [1.54, 1.807) is 35.0 Å². The quantitative estimate of drug-likeness (QED) is 0.739. The molecule has 3 aromatic rings. The first-order valence-corrected chi connectivity index (χ1v) is 7.64. The van der Waals surface area contributed by atoms with E-state index in [-0.39, 0.29) is 11.6 Å². The summed E-state index contributed by atoms with van der Waals surface area (Å²) in [6, 6.07) is 10.8. The highest BCUT2D eigenvalue weighted by Gasteiger charge is 2.11. The molecule has 8 heteroatoms. The predicted molar refractivity (Wildman–Crippen MR) is 81.8 cm³/mol. The van der Waals surface area contributed by atoms with Crippen LogP contribution in [0, 0.1) is 5.82 Å². The van der Waals surface area contributed by atoms with Gasteiger partial charge in [0.25, 0.3) is 0 Å². The Morgan fingerprint density at radius 1 is 1.18 bits per heavy atom. The van der Waals surface area contributed by atoms with Crippen LogP contribution in [0.2, 0.25) is 5.02 Å². The largest absolute Gasteiger partial charge is 0.508 e. The Morgan fingerprint density at radius 2 is 1.95 bits per heavy atom. The van der Waals surface area contributed by atoms with Gasteiger partial charge in [-0.25, -0.2) is 4.39 Å². The van der Waals surface area contributed by atoms with Crippen LogP contribution in [-0.2, 0) is 5.75 Å². The fourth-order valence-corrected chi connectivity index (χ4v) is 3.01. The van der Waals surface area contributed by atoms with Gasteiger partial charge in [-0.15, -0.1) is 5.10 Å². The lowest BCUT2D eigenvalue weighted by Crippen LogP contribution is -1.98. The number of benzene rings is 2. The number of phenolic OH excluding ortho intramolecular Hbond substituents is 1. The van der Waals surface area contributed by atoms with Crippen LogP contribution >= 0.6 is 23.4 Å². The molecule has 0 spiro atoms. The average molecular weight is 337 g/mol. The second kappa shape index (κ2) is 6.33. The molecule has 0 saturated heterocycles. The second-order valence-corrected chi connectivity index (χ2v) is 5.76. The Balaban J connectivity index is 1.79. The summed E-state index contributed by atoms with van der Waals surface area (Å²) in [6.45, 7) is 0. The molecule has 0 radical (unpaired) electrons. The van der Waals surface area contributed by atoms with E-state index in [2.05, 4.69) is 15.5 Å². The van der Waals surface area contributed by atoms with Crippen LogP contribution in [0.4, 0.5) is 4.39 Å². The molecule has 22 heavy (non-hydrogen) atoms. The summed E-state index contributed by atoms with van der Waals surface area (Å²) in [5.74, 6) is 0.314. The smallest absolute Gasteiger partial charge is 0.214 e. The molecule has 0 atom stereocenters. The highest BCUT2D eigenvalue weighted by Crippen LogP contribution is 2.27. The molecule has 2 aromatic carbocycles. The highest BCUT2D eigenvalue weighted by atomic mass is 35.5. The van der Waals surface area contributed by atoms with Crippen LogP contribution in [-0.4, -0.2) is 25.3 Å². The van der Waals surface area contributed by atoms with E-state index in [0.29, 0.717) is 15.9 Å². The van der Waals surface area contributed by atoms with Gasteiger partial charge < -0.3 is 5.11 Å². The molecule has 3 rings (SSSR count). The van der Waals surface area contributed by atoms with Crippen LogP contribution in [0.3, 0.4) is 0 Å². The Bertz CT molecular complexity index is 794. The van der Waals surface area contributed by atoms with Gasteiger partial charge in [-0.3, -0.25) is 0 Å². The summed E-state index contributed by atoms with van der Waals surface area (Å²) in [4.78, 5) is 0. The van der Waals surface area contributed by atoms with Gasteiger partial charge in [0.1, 0.15) is 11.6 Å². The molecular weight excluding hydrogens is 327 g/mol. The fraction of sp³-hybridized carbons (Fsp3) is 0.0714. The number of phenols is 1. The number of thioether (sulfide) groups is 1. The maximum atomic E-state index is 13.0. The minimum atomic E-state index is -0.368. The molecule has 0 aliphatic heterocycles. The summed E-state index contributed by atoms with van der Waals surface area (Å²) in [5.41, 5.74) is 1.53. The molecule has 0 fully saturated rings. The van der Waals surface area contributed by atoms with E-state index in [4.69, 9.17) is 11.6 Å². The van der Waals surface area contributed by atoms with Crippen molar-refractivity contribution in [3.05, 3.63) is 58.9 Å². The van der Waals surface area contributed by atoms with Gasteiger partial charge in [-0.1, -0.05) is 29.4 Å². The molecular formula is C14H10ClFN4OS. The number of halogens is 2. The number of tetrazole rings is 1. The molecule has 0 saturated carbocycles. The summed E-state index contributed by atoms with van der Waals surface area (Å²) in [6.07, 6.45) is 0.